The molecule has 2 heterocycles. The van der Waals surface area contributed by atoms with Crippen LogP contribution in [0.25, 0.3) is 0 Å². The van der Waals surface area contributed by atoms with Gasteiger partial charge in [0.1, 0.15) is 11.4 Å². The third kappa shape index (κ3) is 3.23. The normalized spacial score (nSPS) is 22.7. The molecule has 1 aromatic rings. The van der Waals surface area contributed by atoms with E-state index in [1.165, 1.54) is 0 Å². The zero-order valence-corrected chi connectivity index (χ0v) is 11.8. The zero-order valence-electron chi connectivity index (χ0n) is 11.8. The largest absolute Gasteiger partial charge is 0.496 e. The third-order valence-electron chi connectivity index (χ3n) is 3.58. The van der Waals surface area contributed by atoms with E-state index in [-0.39, 0.29) is 0 Å². The van der Waals surface area contributed by atoms with E-state index in [2.05, 4.69) is 10.3 Å². The molecule has 5 nitrogen and oxygen atoms in total. The van der Waals surface area contributed by atoms with Crippen LogP contribution in [-0.2, 0) is 11.3 Å². The van der Waals surface area contributed by atoms with Crippen molar-refractivity contribution in [2.24, 2.45) is 0 Å². The lowest BCUT2D eigenvalue weighted by atomic mass is 10.0. The Morgan fingerprint density at radius 3 is 2.95 bits per heavy atom. The number of rotatable bonds is 5. The predicted octanol–water partition coefficient (Wildman–Crippen LogP) is 0.948. The first-order valence-electron chi connectivity index (χ1n) is 6.56. The summed E-state index contributed by atoms with van der Waals surface area (Å²) in [5, 5.41) is 13.4. The Morgan fingerprint density at radius 1 is 1.53 bits per heavy atom. The summed E-state index contributed by atoms with van der Waals surface area (Å²) in [6, 6.07) is 0. The highest BCUT2D eigenvalue weighted by Crippen LogP contribution is 2.24. The standard InChI is InChI=1S/C14H22N2O3/c1-10-6-16-12(11(2)13(10)18-3)7-15-8-14(17)4-5-19-9-14/h6,15,17H,4-5,7-9H2,1-3H3. The Bertz CT molecular complexity index is 443. The van der Waals surface area contributed by atoms with Crippen LogP contribution in [0.3, 0.4) is 0 Å². The molecular formula is C14H22N2O3. The van der Waals surface area contributed by atoms with Crippen molar-refractivity contribution in [1.29, 1.82) is 0 Å². The number of nitrogens with one attached hydrogen (secondary N) is 1. The Balaban J connectivity index is 1.96. The number of aromatic nitrogens is 1. The highest BCUT2D eigenvalue weighted by Gasteiger charge is 2.31. The molecule has 106 valence electrons. The molecule has 0 saturated carbocycles. The number of ether oxygens (including phenoxy) is 2. The Kier molecular flexibility index (Phi) is 4.39. The smallest absolute Gasteiger partial charge is 0.128 e. The summed E-state index contributed by atoms with van der Waals surface area (Å²) in [6.07, 6.45) is 2.50. The molecule has 1 atom stereocenters. The lowest BCUT2D eigenvalue weighted by Crippen LogP contribution is -2.40. The van der Waals surface area contributed by atoms with Crippen LogP contribution in [0, 0.1) is 13.8 Å². The number of hydrogen-bond acceptors (Lipinski definition) is 5. The van der Waals surface area contributed by atoms with Crippen LogP contribution in [-0.4, -0.2) is 42.6 Å². The van der Waals surface area contributed by atoms with E-state index in [9.17, 15) is 5.11 Å². The van der Waals surface area contributed by atoms with Crippen molar-refractivity contribution in [2.75, 3.05) is 26.9 Å². The molecule has 1 saturated heterocycles. The van der Waals surface area contributed by atoms with Crippen LogP contribution in [0.15, 0.2) is 6.20 Å². The topological polar surface area (TPSA) is 63.6 Å². The highest BCUT2D eigenvalue weighted by atomic mass is 16.5. The first kappa shape index (κ1) is 14.2. The quantitative estimate of drug-likeness (QED) is 0.830. The summed E-state index contributed by atoms with van der Waals surface area (Å²) in [7, 11) is 1.67. The third-order valence-corrected chi connectivity index (χ3v) is 3.58. The Hall–Kier alpha value is -1.17. The molecule has 1 aromatic heterocycles. The Labute approximate surface area is 114 Å². The van der Waals surface area contributed by atoms with Crippen molar-refractivity contribution in [3.8, 4) is 5.75 Å². The number of nitrogens with zero attached hydrogens (tertiary/aromatic N) is 1. The molecule has 1 unspecified atom stereocenters. The van der Waals surface area contributed by atoms with Crippen molar-refractivity contribution < 1.29 is 14.6 Å². The average Bonchev–Trinajstić information content (AvgIpc) is 2.80. The van der Waals surface area contributed by atoms with Gasteiger partial charge in [-0.15, -0.1) is 0 Å². The molecule has 0 aliphatic carbocycles. The molecule has 0 radical (unpaired) electrons. The van der Waals surface area contributed by atoms with Crippen LogP contribution in [0.2, 0.25) is 0 Å². The first-order valence-corrected chi connectivity index (χ1v) is 6.56. The summed E-state index contributed by atoms with van der Waals surface area (Å²) in [5.74, 6) is 0.884. The van der Waals surface area contributed by atoms with E-state index in [4.69, 9.17) is 9.47 Å². The van der Waals surface area contributed by atoms with Gasteiger partial charge in [-0.1, -0.05) is 0 Å². The molecule has 0 amide bonds. The van der Waals surface area contributed by atoms with Crippen LogP contribution >= 0.6 is 0 Å². The van der Waals surface area contributed by atoms with Crippen LogP contribution in [0.5, 0.6) is 5.75 Å². The molecule has 1 fully saturated rings. The van der Waals surface area contributed by atoms with Gasteiger partial charge in [0.15, 0.2) is 0 Å². The number of hydrogen-bond donors (Lipinski definition) is 2. The second kappa shape index (κ2) is 5.86. The van der Waals surface area contributed by atoms with Gasteiger partial charge in [-0.3, -0.25) is 4.98 Å². The molecule has 5 heteroatoms. The predicted molar refractivity (Wildman–Crippen MR) is 72.4 cm³/mol. The van der Waals surface area contributed by atoms with Crippen molar-refractivity contribution in [3.05, 3.63) is 23.0 Å². The number of aliphatic hydroxyl groups is 1. The van der Waals surface area contributed by atoms with Gasteiger partial charge in [0.25, 0.3) is 0 Å². The van der Waals surface area contributed by atoms with Gasteiger partial charge in [0.2, 0.25) is 0 Å². The van der Waals surface area contributed by atoms with Gasteiger partial charge in [-0.05, 0) is 13.8 Å². The van der Waals surface area contributed by atoms with Gasteiger partial charge >= 0.3 is 0 Å². The van der Waals surface area contributed by atoms with E-state index >= 15 is 0 Å². The van der Waals surface area contributed by atoms with Crippen molar-refractivity contribution in [2.45, 2.75) is 32.4 Å². The molecule has 0 spiro atoms. The molecule has 0 bridgehead atoms. The van der Waals surface area contributed by atoms with Crippen molar-refractivity contribution in [1.82, 2.24) is 10.3 Å². The second-order valence-corrected chi connectivity index (χ2v) is 5.18. The molecule has 1 aliphatic heterocycles. The monoisotopic (exact) mass is 266 g/mol. The molecule has 19 heavy (non-hydrogen) atoms. The number of methoxy groups -OCH3 is 1. The zero-order chi connectivity index (χ0) is 13.9. The van der Waals surface area contributed by atoms with E-state index in [0.717, 1.165) is 22.6 Å². The summed E-state index contributed by atoms with van der Waals surface area (Å²) in [4.78, 5) is 4.42. The minimum atomic E-state index is -0.733. The minimum absolute atomic E-state index is 0.406. The maximum Gasteiger partial charge on any atom is 0.128 e. The maximum absolute atomic E-state index is 10.2. The minimum Gasteiger partial charge on any atom is -0.496 e. The van der Waals surface area contributed by atoms with Crippen molar-refractivity contribution in [3.63, 3.8) is 0 Å². The van der Waals surface area contributed by atoms with Gasteiger partial charge in [-0.2, -0.15) is 0 Å². The van der Waals surface area contributed by atoms with Gasteiger partial charge in [0.05, 0.1) is 19.4 Å². The first-order chi connectivity index (χ1) is 9.06. The van der Waals surface area contributed by atoms with E-state index in [1.54, 1.807) is 7.11 Å². The second-order valence-electron chi connectivity index (χ2n) is 5.18. The number of aryl methyl sites for hydroxylation is 1. The van der Waals surface area contributed by atoms with Gasteiger partial charge in [0, 0.05) is 43.4 Å². The fraction of sp³-hybridized carbons (Fsp3) is 0.643. The van der Waals surface area contributed by atoms with Crippen LogP contribution < -0.4 is 10.1 Å². The summed E-state index contributed by atoms with van der Waals surface area (Å²) in [5.41, 5.74) is 2.30. The highest BCUT2D eigenvalue weighted by molar-refractivity contribution is 5.40. The fourth-order valence-electron chi connectivity index (χ4n) is 2.40. The van der Waals surface area contributed by atoms with Crippen molar-refractivity contribution >= 4 is 0 Å². The summed E-state index contributed by atoms with van der Waals surface area (Å²) < 4.78 is 10.6. The van der Waals surface area contributed by atoms with Gasteiger partial charge in [-0.25, -0.2) is 0 Å². The number of pyridine rings is 1. The van der Waals surface area contributed by atoms with Gasteiger partial charge < -0.3 is 19.9 Å². The summed E-state index contributed by atoms with van der Waals surface area (Å²) in [6.45, 7) is 6.16. The lowest BCUT2D eigenvalue weighted by Gasteiger charge is -2.21. The lowest BCUT2D eigenvalue weighted by molar-refractivity contribution is 0.0268. The molecule has 2 N–H and O–H groups in total. The summed E-state index contributed by atoms with van der Waals surface area (Å²) >= 11 is 0. The molecule has 0 aromatic carbocycles. The van der Waals surface area contributed by atoms with E-state index in [0.29, 0.717) is 32.7 Å². The van der Waals surface area contributed by atoms with E-state index in [1.807, 2.05) is 20.0 Å². The maximum atomic E-state index is 10.2. The molecule has 2 rings (SSSR count). The van der Waals surface area contributed by atoms with Crippen LogP contribution in [0.4, 0.5) is 0 Å². The molecule has 1 aliphatic rings. The van der Waals surface area contributed by atoms with E-state index < -0.39 is 5.60 Å². The van der Waals surface area contributed by atoms with Crippen LogP contribution in [0.1, 0.15) is 23.2 Å². The SMILES string of the molecule is COc1c(C)cnc(CNCC2(O)CCOC2)c1C. The molecular weight excluding hydrogens is 244 g/mol. The Morgan fingerprint density at radius 2 is 2.32 bits per heavy atom. The fourth-order valence-corrected chi connectivity index (χ4v) is 2.40. The average molecular weight is 266 g/mol.